The minimum atomic E-state index is -0.612. The summed E-state index contributed by atoms with van der Waals surface area (Å²) < 4.78 is 21.6. The maximum atomic E-state index is 14.0. The van der Waals surface area contributed by atoms with Gasteiger partial charge in [-0.3, -0.25) is 9.48 Å². The Morgan fingerprint density at radius 2 is 2.14 bits per heavy atom. The number of halogens is 1. The molecule has 0 fully saturated rings. The van der Waals surface area contributed by atoms with Crippen molar-refractivity contribution in [3.63, 3.8) is 0 Å². The van der Waals surface area contributed by atoms with Crippen molar-refractivity contribution in [3.8, 4) is 5.88 Å². The number of ether oxygens (including phenoxy) is 1. The van der Waals surface area contributed by atoms with E-state index in [1.165, 1.54) is 18.3 Å². The predicted octanol–water partition coefficient (Wildman–Crippen LogP) is 2.44. The molecule has 0 N–H and O–H groups in total. The number of fused-ring (bicyclic) bond motifs is 1. The molecule has 3 aromatic heterocycles. The maximum Gasteiger partial charge on any atom is 0.275 e. The first-order valence-electron chi connectivity index (χ1n) is 9.03. The number of aromatic nitrogens is 4. The van der Waals surface area contributed by atoms with Gasteiger partial charge in [0.25, 0.3) is 5.91 Å². The Morgan fingerprint density at radius 1 is 1.29 bits per heavy atom. The van der Waals surface area contributed by atoms with Gasteiger partial charge in [-0.25, -0.2) is 14.4 Å². The van der Waals surface area contributed by atoms with E-state index in [0.29, 0.717) is 25.4 Å². The van der Waals surface area contributed by atoms with E-state index in [-0.39, 0.29) is 12.3 Å². The minimum absolute atomic E-state index is 0.156. The summed E-state index contributed by atoms with van der Waals surface area (Å²) in [6, 6.07) is 8.29. The van der Waals surface area contributed by atoms with Crippen LogP contribution in [0.15, 0.2) is 36.5 Å². The lowest BCUT2D eigenvalue weighted by Crippen LogP contribution is -2.37. The third-order valence-electron chi connectivity index (χ3n) is 4.79. The van der Waals surface area contributed by atoms with Crippen LogP contribution in [0.1, 0.15) is 33.1 Å². The second-order valence-corrected chi connectivity index (χ2v) is 6.71. The number of carbonyl (C=O) groups excluding carboxylic acids is 1. The zero-order valence-corrected chi connectivity index (χ0v) is 15.7. The summed E-state index contributed by atoms with van der Waals surface area (Å²) in [5.41, 5.74) is 3.46. The minimum Gasteiger partial charge on any atom is -0.471 e. The molecule has 8 heteroatoms. The number of hydrogen-bond donors (Lipinski definition) is 0. The van der Waals surface area contributed by atoms with Gasteiger partial charge < -0.3 is 9.64 Å². The van der Waals surface area contributed by atoms with E-state index in [1.807, 2.05) is 30.8 Å². The Kier molecular flexibility index (Phi) is 4.77. The molecule has 1 amide bonds. The van der Waals surface area contributed by atoms with Crippen molar-refractivity contribution in [1.82, 2.24) is 24.6 Å². The van der Waals surface area contributed by atoms with E-state index >= 15 is 0 Å². The summed E-state index contributed by atoms with van der Waals surface area (Å²) in [5.74, 6) is -0.503. The van der Waals surface area contributed by atoms with E-state index in [1.54, 1.807) is 11.0 Å². The SMILES string of the molecule is Cc1cccc(OCc2nn(C)c3c2CN(C(=O)c2ncccc2F)CC3)n1. The highest BCUT2D eigenvalue weighted by Crippen LogP contribution is 2.24. The van der Waals surface area contributed by atoms with Gasteiger partial charge in [-0.05, 0) is 25.1 Å². The summed E-state index contributed by atoms with van der Waals surface area (Å²) in [6.45, 7) is 2.98. The molecule has 7 nitrogen and oxygen atoms in total. The smallest absolute Gasteiger partial charge is 0.275 e. The van der Waals surface area contributed by atoms with E-state index in [2.05, 4.69) is 15.1 Å². The van der Waals surface area contributed by atoms with E-state index in [4.69, 9.17) is 4.74 Å². The molecule has 4 heterocycles. The van der Waals surface area contributed by atoms with Crippen molar-refractivity contribution in [2.45, 2.75) is 26.5 Å². The number of carbonyl (C=O) groups is 1. The zero-order valence-electron chi connectivity index (χ0n) is 15.7. The van der Waals surface area contributed by atoms with Crippen molar-refractivity contribution in [3.05, 3.63) is 70.7 Å². The molecule has 0 spiro atoms. The van der Waals surface area contributed by atoms with Crippen molar-refractivity contribution in [2.75, 3.05) is 6.54 Å². The molecule has 28 heavy (non-hydrogen) atoms. The fourth-order valence-electron chi connectivity index (χ4n) is 3.39. The summed E-state index contributed by atoms with van der Waals surface area (Å²) in [7, 11) is 1.88. The zero-order chi connectivity index (χ0) is 19.7. The Balaban J connectivity index is 1.54. The number of pyridine rings is 2. The standard InChI is InChI=1S/C20H20FN5O2/c1-13-5-3-7-18(23-13)28-12-16-14-11-26(10-8-17(14)25(2)24-16)20(27)19-15(21)6-4-9-22-19/h3-7,9H,8,10-12H2,1-2H3. The fraction of sp³-hybridized carbons (Fsp3) is 0.300. The Hall–Kier alpha value is -3.29. The van der Waals surface area contributed by atoms with Crippen LogP contribution in [0.5, 0.6) is 5.88 Å². The molecule has 0 unspecified atom stereocenters. The highest BCUT2D eigenvalue weighted by atomic mass is 19.1. The summed E-state index contributed by atoms with van der Waals surface area (Å²) in [6.07, 6.45) is 2.06. The summed E-state index contributed by atoms with van der Waals surface area (Å²) in [4.78, 5) is 22.6. The predicted molar refractivity (Wildman–Crippen MR) is 99.2 cm³/mol. The normalized spacial score (nSPS) is 13.3. The van der Waals surface area contributed by atoms with Gasteiger partial charge in [-0.2, -0.15) is 5.10 Å². The quantitative estimate of drug-likeness (QED) is 0.694. The van der Waals surface area contributed by atoms with E-state index < -0.39 is 11.7 Å². The highest BCUT2D eigenvalue weighted by Gasteiger charge is 2.29. The first-order chi connectivity index (χ1) is 13.5. The molecule has 144 valence electrons. The van der Waals surface area contributed by atoms with Gasteiger partial charge in [0.1, 0.15) is 12.3 Å². The Labute approximate surface area is 161 Å². The molecule has 0 aromatic carbocycles. The van der Waals surface area contributed by atoms with Crippen LogP contribution in [0.3, 0.4) is 0 Å². The molecule has 0 bridgehead atoms. The fourth-order valence-corrected chi connectivity index (χ4v) is 3.39. The van der Waals surface area contributed by atoms with Crippen LogP contribution in [-0.4, -0.2) is 37.1 Å². The molecule has 3 aromatic rings. The molecule has 0 aliphatic carbocycles. The van der Waals surface area contributed by atoms with Gasteiger partial charge in [0.2, 0.25) is 5.88 Å². The Bertz CT molecular complexity index is 1030. The van der Waals surface area contributed by atoms with E-state index in [0.717, 1.165) is 22.6 Å². The van der Waals surface area contributed by atoms with Crippen LogP contribution in [0, 0.1) is 12.7 Å². The van der Waals surface area contributed by atoms with Crippen molar-refractivity contribution < 1.29 is 13.9 Å². The van der Waals surface area contributed by atoms with Crippen LogP contribution < -0.4 is 4.74 Å². The van der Waals surface area contributed by atoms with Gasteiger partial charge in [0.05, 0.1) is 0 Å². The van der Waals surface area contributed by atoms with Gasteiger partial charge >= 0.3 is 0 Å². The molecule has 1 aliphatic heterocycles. The van der Waals surface area contributed by atoms with Crippen LogP contribution in [0.2, 0.25) is 0 Å². The summed E-state index contributed by atoms with van der Waals surface area (Å²) in [5, 5.41) is 4.55. The molecular formula is C20H20FN5O2. The third kappa shape index (κ3) is 3.45. The third-order valence-corrected chi connectivity index (χ3v) is 4.79. The first kappa shape index (κ1) is 18.1. The van der Waals surface area contributed by atoms with E-state index in [9.17, 15) is 9.18 Å². The van der Waals surface area contributed by atoms with Crippen molar-refractivity contribution in [1.29, 1.82) is 0 Å². The first-order valence-corrected chi connectivity index (χ1v) is 9.03. The molecule has 1 aliphatic rings. The average Bonchev–Trinajstić information content (AvgIpc) is 3.01. The number of nitrogens with zero attached hydrogens (tertiary/aromatic N) is 5. The molecule has 0 saturated heterocycles. The lowest BCUT2D eigenvalue weighted by atomic mass is 10.0. The molecule has 0 atom stereocenters. The van der Waals surface area contributed by atoms with Gasteiger partial charge in [0, 0.05) is 55.8 Å². The second-order valence-electron chi connectivity index (χ2n) is 6.71. The lowest BCUT2D eigenvalue weighted by Gasteiger charge is -2.27. The van der Waals surface area contributed by atoms with Crippen LogP contribution in [0.25, 0.3) is 0 Å². The largest absolute Gasteiger partial charge is 0.471 e. The van der Waals surface area contributed by atoms with Gasteiger partial charge in [-0.15, -0.1) is 0 Å². The molecule has 4 rings (SSSR count). The highest BCUT2D eigenvalue weighted by molar-refractivity contribution is 5.92. The van der Waals surface area contributed by atoms with Gasteiger partial charge in [0.15, 0.2) is 11.5 Å². The topological polar surface area (TPSA) is 73.1 Å². The number of aryl methyl sites for hydroxylation is 2. The summed E-state index contributed by atoms with van der Waals surface area (Å²) >= 11 is 0. The van der Waals surface area contributed by atoms with Crippen LogP contribution >= 0.6 is 0 Å². The number of rotatable bonds is 4. The number of amides is 1. The lowest BCUT2D eigenvalue weighted by molar-refractivity contribution is 0.0721. The van der Waals surface area contributed by atoms with Gasteiger partial charge in [-0.1, -0.05) is 6.07 Å². The number of hydrogen-bond acceptors (Lipinski definition) is 5. The van der Waals surface area contributed by atoms with Crippen molar-refractivity contribution >= 4 is 5.91 Å². The molecular weight excluding hydrogens is 361 g/mol. The average molecular weight is 381 g/mol. The molecule has 0 saturated carbocycles. The van der Waals surface area contributed by atoms with Crippen LogP contribution in [-0.2, 0) is 26.6 Å². The van der Waals surface area contributed by atoms with Crippen molar-refractivity contribution in [2.24, 2.45) is 7.05 Å². The Morgan fingerprint density at radius 3 is 2.93 bits per heavy atom. The second kappa shape index (κ2) is 7.38. The van der Waals surface area contributed by atoms with Crippen LogP contribution in [0.4, 0.5) is 4.39 Å². The maximum absolute atomic E-state index is 14.0. The molecule has 0 radical (unpaired) electrons. The monoisotopic (exact) mass is 381 g/mol.